The summed E-state index contributed by atoms with van der Waals surface area (Å²) in [6, 6.07) is 5.46. The third kappa shape index (κ3) is 2.42. The number of aromatic nitrogens is 2. The van der Waals surface area contributed by atoms with E-state index in [0.29, 0.717) is 16.2 Å². The molecule has 1 N–H and O–H groups in total. The van der Waals surface area contributed by atoms with Gasteiger partial charge in [0.25, 0.3) is 11.5 Å². The maximum absolute atomic E-state index is 12.4. The molecule has 0 bridgehead atoms. The molecule has 0 aliphatic rings. The van der Waals surface area contributed by atoms with E-state index in [2.05, 4.69) is 10.3 Å². The molecule has 2 heterocycles. The van der Waals surface area contributed by atoms with E-state index in [9.17, 15) is 9.59 Å². The van der Waals surface area contributed by atoms with Crippen molar-refractivity contribution in [3.63, 3.8) is 0 Å². The summed E-state index contributed by atoms with van der Waals surface area (Å²) in [4.78, 5) is 29.7. The molecule has 0 unspecified atom stereocenters. The topological polar surface area (TPSA) is 63.5 Å². The van der Waals surface area contributed by atoms with Crippen molar-refractivity contribution in [3.05, 3.63) is 62.5 Å². The third-order valence-corrected chi connectivity index (χ3v) is 4.41. The Labute approximate surface area is 131 Å². The fourth-order valence-electron chi connectivity index (χ4n) is 2.19. The van der Waals surface area contributed by atoms with E-state index in [1.165, 1.54) is 15.7 Å². The second-order valence-corrected chi connectivity index (χ2v) is 6.06. The van der Waals surface area contributed by atoms with Gasteiger partial charge in [-0.25, -0.2) is 4.98 Å². The number of anilines is 1. The minimum absolute atomic E-state index is 0.221. The van der Waals surface area contributed by atoms with Gasteiger partial charge in [0, 0.05) is 17.1 Å². The Morgan fingerprint density at radius 2 is 2.00 bits per heavy atom. The standard InChI is InChI=1S/C16H15N3O2S/c1-9-4-5-12(8-10(9)2)14(20)18-13-11(3)17-16-19(15(13)21)6-7-22-16/h4-8H,1-3H3,(H,18,20). The van der Waals surface area contributed by atoms with Crippen LogP contribution in [-0.4, -0.2) is 15.3 Å². The number of aryl methyl sites for hydroxylation is 3. The smallest absolute Gasteiger partial charge is 0.282 e. The van der Waals surface area contributed by atoms with Gasteiger partial charge in [0.05, 0.1) is 5.69 Å². The Balaban J connectivity index is 2.00. The van der Waals surface area contributed by atoms with Crippen molar-refractivity contribution in [1.29, 1.82) is 0 Å². The highest BCUT2D eigenvalue weighted by Gasteiger charge is 2.14. The minimum atomic E-state index is -0.305. The molecule has 1 aromatic carbocycles. The number of hydrogen-bond acceptors (Lipinski definition) is 4. The van der Waals surface area contributed by atoms with Crippen molar-refractivity contribution in [2.45, 2.75) is 20.8 Å². The second kappa shape index (κ2) is 5.38. The van der Waals surface area contributed by atoms with E-state index < -0.39 is 0 Å². The summed E-state index contributed by atoms with van der Waals surface area (Å²) >= 11 is 1.38. The van der Waals surface area contributed by atoms with E-state index in [0.717, 1.165) is 11.1 Å². The maximum Gasteiger partial charge on any atom is 0.282 e. The lowest BCUT2D eigenvalue weighted by Gasteiger charge is -2.09. The van der Waals surface area contributed by atoms with Crippen LogP contribution < -0.4 is 10.9 Å². The number of rotatable bonds is 2. The van der Waals surface area contributed by atoms with Crippen LogP contribution in [0.5, 0.6) is 0 Å². The lowest BCUT2D eigenvalue weighted by Crippen LogP contribution is -2.24. The number of carbonyl (C=O) groups excluding carboxylic acids is 1. The monoisotopic (exact) mass is 313 g/mol. The summed E-state index contributed by atoms with van der Waals surface area (Å²) in [5.41, 5.74) is 3.16. The lowest BCUT2D eigenvalue weighted by atomic mass is 10.1. The van der Waals surface area contributed by atoms with Crippen LogP contribution in [-0.2, 0) is 0 Å². The molecule has 1 amide bonds. The molecule has 0 aliphatic carbocycles. The first-order valence-corrected chi connectivity index (χ1v) is 7.70. The fraction of sp³-hybridized carbons (Fsp3) is 0.188. The first-order chi connectivity index (χ1) is 10.5. The molecule has 0 atom stereocenters. The SMILES string of the molecule is Cc1ccc(C(=O)Nc2c(C)nc3sccn3c2=O)cc1C. The van der Waals surface area contributed by atoms with Gasteiger partial charge in [0.15, 0.2) is 4.96 Å². The number of fused-ring (bicyclic) bond motifs is 1. The quantitative estimate of drug-likeness (QED) is 0.791. The molecule has 0 spiro atoms. The summed E-state index contributed by atoms with van der Waals surface area (Å²) in [6.45, 7) is 5.66. The Morgan fingerprint density at radius 1 is 1.23 bits per heavy atom. The number of nitrogens with zero attached hydrogens (tertiary/aromatic N) is 2. The molecule has 0 fully saturated rings. The first kappa shape index (κ1) is 14.5. The van der Waals surface area contributed by atoms with Crippen molar-refractivity contribution < 1.29 is 4.79 Å². The van der Waals surface area contributed by atoms with Crippen LogP contribution in [0.25, 0.3) is 4.96 Å². The second-order valence-electron chi connectivity index (χ2n) is 5.19. The molecular formula is C16H15N3O2S. The van der Waals surface area contributed by atoms with E-state index >= 15 is 0 Å². The van der Waals surface area contributed by atoms with Crippen molar-refractivity contribution in [2.75, 3.05) is 5.32 Å². The molecule has 3 rings (SSSR count). The third-order valence-electron chi connectivity index (χ3n) is 3.65. The highest BCUT2D eigenvalue weighted by Crippen LogP contribution is 2.15. The van der Waals surface area contributed by atoms with Gasteiger partial charge in [-0.1, -0.05) is 6.07 Å². The van der Waals surface area contributed by atoms with Crippen molar-refractivity contribution in [1.82, 2.24) is 9.38 Å². The minimum Gasteiger partial charge on any atom is -0.316 e. The van der Waals surface area contributed by atoms with Gasteiger partial charge >= 0.3 is 0 Å². The largest absolute Gasteiger partial charge is 0.316 e. The summed E-state index contributed by atoms with van der Waals surface area (Å²) in [5.74, 6) is -0.305. The van der Waals surface area contributed by atoms with Crippen LogP contribution in [0.4, 0.5) is 5.69 Å². The summed E-state index contributed by atoms with van der Waals surface area (Å²) in [6.07, 6.45) is 1.65. The summed E-state index contributed by atoms with van der Waals surface area (Å²) in [5, 5.41) is 4.48. The predicted octanol–water partition coefficient (Wildman–Crippen LogP) is 2.93. The first-order valence-electron chi connectivity index (χ1n) is 6.82. The molecule has 3 aromatic rings. The predicted molar refractivity (Wildman–Crippen MR) is 87.9 cm³/mol. The number of nitrogens with one attached hydrogen (secondary N) is 1. The van der Waals surface area contributed by atoms with E-state index in [4.69, 9.17) is 0 Å². The van der Waals surface area contributed by atoms with Gasteiger partial charge in [-0.3, -0.25) is 14.0 Å². The molecule has 6 heteroatoms. The van der Waals surface area contributed by atoms with Crippen LogP contribution in [0.2, 0.25) is 0 Å². The van der Waals surface area contributed by atoms with Crippen molar-refractivity contribution in [3.8, 4) is 0 Å². The van der Waals surface area contributed by atoms with Gasteiger partial charge in [0.2, 0.25) is 0 Å². The lowest BCUT2D eigenvalue weighted by molar-refractivity contribution is 0.102. The van der Waals surface area contributed by atoms with E-state index in [1.54, 1.807) is 24.6 Å². The summed E-state index contributed by atoms with van der Waals surface area (Å²) in [7, 11) is 0. The summed E-state index contributed by atoms with van der Waals surface area (Å²) < 4.78 is 1.44. The zero-order valence-corrected chi connectivity index (χ0v) is 13.3. The number of amides is 1. The zero-order chi connectivity index (χ0) is 15.9. The van der Waals surface area contributed by atoms with Gasteiger partial charge < -0.3 is 5.32 Å². The highest BCUT2D eigenvalue weighted by molar-refractivity contribution is 7.15. The Bertz CT molecular complexity index is 940. The van der Waals surface area contributed by atoms with Crippen molar-refractivity contribution in [2.24, 2.45) is 0 Å². The number of benzene rings is 1. The Morgan fingerprint density at radius 3 is 2.73 bits per heavy atom. The zero-order valence-electron chi connectivity index (χ0n) is 12.5. The van der Waals surface area contributed by atoms with E-state index in [1.807, 2.05) is 26.0 Å². The molecular weight excluding hydrogens is 298 g/mol. The van der Waals surface area contributed by atoms with Gasteiger partial charge in [-0.2, -0.15) is 0 Å². The molecule has 0 saturated heterocycles. The fourth-order valence-corrected chi connectivity index (χ4v) is 2.95. The van der Waals surface area contributed by atoms with Crippen molar-refractivity contribution >= 4 is 27.9 Å². The molecule has 5 nitrogen and oxygen atoms in total. The Kier molecular flexibility index (Phi) is 3.54. The van der Waals surface area contributed by atoms with Crippen LogP contribution in [0, 0.1) is 20.8 Å². The van der Waals surface area contributed by atoms with Gasteiger partial charge in [-0.15, -0.1) is 11.3 Å². The van der Waals surface area contributed by atoms with Gasteiger partial charge in [0.1, 0.15) is 5.69 Å². The number of carbonyl (C=O) groups is 1. The molecule has 0 radical (unpaired) electrons. The normalized spacial score (nSPS) is 10.9. The highest BCUT2D eigenvalue weighted by atomic mass is 32.1. The number of thiazole rings is 1. The molecule has 0 saturated carbocycles. The number of hydrogen-bond donors (Lipinski definition) is 1. The van der Waals surface area contributed by atoms with Crippen LogP contribution >= 0.6 is 11.3 Å². The Hall–Kier alpha value is -2.47. The maximum atomic E-state index is 12.4. The average Bonchev–Trinajstić information content (AvgIpc) is 2.94. The molecule has 0 aliphatic heterocycles. The van der Waals surface area contributed by atoms with E-state index in [-0.39, 0.29) is 17.2 Å². The molecule has 22 heavy (non-hydrogen) atoms. The van der Waals surface area contributed by atoms with Crippen LogP contribution in [0.1, 0.15) is 27.2 Å². The van der Waals surface area contributed by atoms with Crippen LogP contribution in [0.3, 0.4) is 0 Å². The van der Waals surface area contributed by atoms with Crippen LogP contribution in [0.15, 0.2) is 34.6 Å². The molecule has 112 valence electrons. The van der Waals surface area contributed by atoms with Gasteiger partial charge in [-0.05, 0) is 44.0 Å². The molecule has 2 aromatic heterocycles. The average molecular weight is 313 g/mol.